The Balaban J connectivity index is 0.000000136. The van der Waals surface area contributed by atoms with Crippen LogP contribution in [0.15, 0.2) is 95.3 Å². The average Bonchev–Trinajstić information content (AvgIpc) is 3.40. The lowest BCUT2D eigenvalue weighted by molar-refractivity contribution is 1.26. The van der Waals surface area contributed by atoms with Crippen molar-refractivity contribution in [1.29, 1.82) is 0 Å². The van der Waals surface area contributed by atoms with Gasteiger partial charge < -0.3 is 0 Å². The summed E-state index contributed by atoms with van der Waals surface area (Å²) in [6, 6.07) is 20.0. The van der Waals surface area contributed by atoms with Gasteiger partial charge in [0.25, 0.3) is 0 Å². The molecule has 0 amide bonds. The van der Waals surface area contributed by atoms with Crippen molar-refractivity contribution in [2.75, 3.05) is 0 Å². The maximum absolute atomic E-state index is 4.58. The minimum atomic E-state index is 0.896. The van der Waals surface area contributed by atoms with Gasteiger partial charge in [-0.25, -0.2) is 0 Å². The van der Waals surface area contributed by atoms with Crippen LogP contribution in [-0.2, 0) is 6.42 Å². The molecule has 126 valence electrons. The summed E-state index contributed by atoms with van der Waals surface area (Å²) in [7, 11) is 0. The lowest BCUT2D eigenvalue weighted by atomic mass is 10.1. The topological polar surface area (TPSA) is 50.5 Å². The summed E-state index contributed by atoms with van der Waals surface area (Å²) in [6.07, 6.45) is 9.26. The smallest absolute Gasteiger partial charge is 0.0848 e. The summed E-state index contributed by atoms with van der Waals surface area (Å²) in [6.45, 7) is 0. The first-order valence-corrected chi connectivity index (χ1v) is 8.60. The number of aromatic nitrogens is 2. The van der Waals surface area contributed by atoms with E-state index in [4.69, 9.17) is 0 Å². The van der Waals surface area contributed by atoms with Crippen molar-refractivity contribution in [3.8, 4) is 0 Å². The van der Waals surface area contributed by atoms with Crippen LogP contribution in [0.1, 0.15) is 23.4 Å². The van der Waals surface area contributed by atoms with Crippen molar-refractivity contribution in [2.24, 2.45) is 9.98 Å². The second kappa shape index (κ2) is 7.66. The number of nitrogens with zero attached hydrogens (tertiary/aromatic N) is 4. The highest BCUT2D eigenvalue weighted by molar-refractivity contribution is 6.05. The van der Waals surface area contributed by atoms with Crippen LogP contribution in [0.3, 0.4) is 0 Å². The molecule has 0 saturated heterocycles. The Labute approximate surface area is 152 Å². The van der Waals surface area contributed by atoms with Gasteiger partial charge in [0, 0.05) is 31.4 Å². The van der Waals surface area contributed by atoms with Crippen molar-refractivity contribution in [2.45, 2.75) is 12.8 Å². The summed E-state index contributed by atoms with van der Waals surface area (Å²) in [4.78, 5) is 17.3. The first-order valence-electron chi connectivity index (χ1n) is 8.60. The van der Waals surface area contributed by atoms with Gasteiger partial charge in [-0.15, -0.1) is 0 Å². The van der Waals surface area contributed by atoms with Crippen LogP contribution >= 0.6 is 0 Å². The van der Waals surface area contributed by atoms with E-state index in [1.807, 2.05) is 60.8 Å². The molecule has 0 spiro atoms. The number of allylic oxidation sites excluding steroid dienone is 1. The molecule has 1 aromatic carbocycles. The van der Waals surface area contributed by atoms with E-state index in [1.54, 1.807) is 12.4 Å². The molecule has 3 aromatic rings. The van der Waals surface area contributed by atoms with Crippen molar-refractivity contribution in [3.63, 3.8) is 0 Å². The Morgan fingerprint density at radius 2 is 1.38 bits per heavy atom. The lowest BCUT2D eigenvalue weighted by Gasteiger charge is -1.97. The summed E-state index contributed by atoms with van der Waals surface area (Å²) >= 11 is 0. The summed E-state index contributed by atoms with van der Waals surface area (Å²) in [5.74, 6) is 0. The fourth-order valence-electron chi connectivity index (χ4n) is 2.88. The quantitative estimate of drug-likeness (QED) is 0.688. The maximum Gasteiger partial charge on any atom is 0.0848 e. The van der Waals surface area contributed by atoms with Gasteiger partial charge in [-0.3, -0.25) is 20.0 Å². The molecule has 26 heavy (non-hydrogen) atoms. The van der Waals surface area contributed by atoms with Gasteiger partial charge in [0.15, 0.2) is 0 Å². The molecule has 0 fully saturated rings. The largest absolute Gasteiger partial charge is 0.259 e. The molecule has 0 N–H and O–H groups in total. The molecule has 0 saturated carbocycles. The van der Waals surface area contributed by atoms with E-state index in [9.17, 15) is 0 Å². The van der Waals surface area contributed by atoms with Crippen LogP contribution in [0.25, 0.3) is 0 Å². The zero-order valence-electron chi connectivity index (χ0n) is 14.3. The van der Waals surface area contributed by atoms with Gasteiger partial charge in [-0.05, 0) is 35.9 Å². The van der Waals surface area contributed by atoms with Crippen molar-refractivity contribution in [3.05, 3.63) is 102 Å². The van der Waals surface area contributed by atoms with E-state index >= 15 is 0 Å². The predicted molar refractivity (Wildman–Crippen MR) is 105 cm³/mol. The molecular formula is C22H18N4. The van der Waals surface area contributed by atoms with E-state index in [2.05, 4.69) is 32.1 Å². The molecule has 0 unspecified atom stereocenters. The third kappa shape index (κ3) is 3.64. The number of hydrogen-bond acceptors (Lipinski definition) is 4. The Hall–Kier alpha value is -3.40. The van der Waals surface area contributed by atoms with Crippen molar-refractivity contribution in [1.82, 2.24) is 9.97 Å². The van der Waals surface area contributed by atoms with E-state index in [0.717, 1.165) is 41.3 Å². The van der Waals surface area contributed by atoms with Crippen molar-refractivity contribution < 1.29 is 0 Å². The molecule has 0 bridgehead atoms. The molecule has 0 radical (unpaired) electrons. The van der Waals surface area contributed by atoms with Crippen LogP contribution in [0, 0.1) is 0 Å². The Bertz CT molecular complexity index is 973. The lowest BCUT2D eigenvalue weighted by Crippen LogP contribution is -2.02. The highest BCUT2D eigenvalue weighted by Crippen LogP contribution is 2.27. The Morgan fingerprint density at radius 1 is 0.692 bits per heavy atom. The molecule has 4 heterocycles. The number of aliphatic imine (C=N–C) groups is 2. The number of pyridine rings is 2. The molecule has 0 aliphatic carbocycles. The summed E-state index contributed by atoms with van der Waals surface area (Å²) in [5, 5.41) is 0. The van der Waals surface area contributed by atoms with Gasteiger partial charge in [0.05, 0.1) is 28.5 Å². The molecule has 4 heteroatoms. The predicted octanol–water partition coefficient (Wildman–Crippen LogP) is 4.55. The number of hydrogen-bond donors (Lipinski definition) is 0. The monoisotopic (exact) mass is 338 g/mol. The number of fused-ring (bicyclic) bond motifs is 1. The fraction of sp³-hybridized carbons (Fsp3) is 0.0909. The molecule has 4 nitrogen and oxygen atoms in total. The zero-order valence-corrected chi connectivity index (χ0v) is 14.3. The number of rotatable bonds is 2. The van der Waals surface area contributed by atoms with Crippen LogP contribution in [0.4, 0.5) is 5.69 Å². The average molecular weight is 338 g/mol. The highest BCUT2D eigenvalue weighted by Gasteiger charge is 2.15. The minimum Gasteiger partial charge on any atom is -0.259 e. The minimum absolute atomic E-state index is 0.896. The Morgan fingerprint density at radius 3 is 2.00 bits per heavy atom. The SMILES string of the molecule is C1=CN=C(c2ccccn2)C1.c1ccc(C2=Nc3ccccc3C2)nc1. The second-order valence-corrected chi connectivity index (χ2v) is 5.96. The zero-order chi connectivity index (χ0) is 17.6. The van der Waals surface area contributed by atoms with E-state index < -0.39 is 0 Å². The van der Waals surface area contributed by atoms with Gasteiger partial charge in [0.1, 0.15) is 0 Å². The van der Waals surface area contributed by atoms with E-state index in [-0.39, 0.29) is 0 Å². The first kappa shape index (κ1) is 16.1. The molecule has 2 aliphatic heterocycles. The molecule has 5 rings (SSSR count). The highest BCUT2D eigenvalue weighted by atomic mass is 14.8. The normalized spacial score (nSPS) is 14.2. The molecule has 2 aromatic heterocycles. The molecular weight excluding hydrogens is 320 g/mol. The van der Waals surface area contributed by atoms with Crippen LogP contribution in [0.2, 0.25) is 0 Å². The van der Waals surface area contributed by atoms with Gasteiger partial charge in [0.2, 0.25) is 0 Å². The van der Waals surface area contributed by atoms with E-state index in [1.165, 1.54) is 5.56 Å². The molecule has 2 aliphatic rings. The Kier molecular flexibility index (Phi) is 4.74. The van der Waals surface area contributed by atoms with Crippen LogP contribution < -0.4 is 0 Å². The third-order valence-electron chi connectivity index (χ3n) is 4.17. The standard InChI is InChI=1S/C13H10N2.C9H8N2/c1-2-6-11-10(5-1)9-13(15-11)12-7-3-4-8-14-12;1-2-6-10-8(4-1)9-5-3-7-11-9/h1-8H,9H2;1-4,6-7H,5H2. The fourth-order valence-corrected chi connectivity index (χ4v) is 2.88. The molecule has 0 atom stereocenters. The van der Waals surface area contributed by atoms with Crippen LogP contribution in [0.5, 0.6) is 0 Å². The van der Waals surface area contributed by atoms with Crippen LogP contribution in [-0.4, -0.2) is 21.4 Å². The number of benzene rings is 1. The third-order valence-corrected chi connectivity index (χ3v) is 4.17. The first-order chi connectivity index (χ1) is 12.9. The second-order valence-electron chi connectivity index (χ2n) is 5.96. The summed E-state index contributed by atoms with van der Waals surface area (Å²) in [5.41, 5.74) is 6.46. The van der Waals surface area contributed by atoms with Gasteiger partial charge >= 0.3 is 0 Å². The maximum atomic E-state index is 4.58. The van der Waals surface area contributed by atoms with E-state index in [0.29, 0.717) is 0 Å². The number of para-hydroxylation sites is 1. The van der Waals surface area contributed by atoms with Crippen molar-refractivity contribution >= 4 is 17.1 Å². The van der Waals surface area contributed by atoms with Gasteiger partial charge in [-0.1, -0.05) is 36.4 Å². The van der Waals surface area contributed by atoms with Gasteiger partial charge in [-0.2, -0.15) is 0 Å². The summed E-state index contributed by atoms with van der Waals surface area (Å²) < 4.78 is 0.